The molecule has 1 atom stereocenters. The summed E-state index contributed by atoms with van der Waals surface area (Å²) in [5.41, 5.74) is 0. The van der Waals surface area contributed by atoms with E-state index in [0.717, 1.165) is 25.7 Å². The largest absolute Gasteiger partial charge is 0.373 e. The Labute approximate surface area is 205 Å². The molecular weight excluding hydrogens is 433 g/mol. The fourth-order valence-electron chi connectivity index (χ4n) is 4.14. The Morgan fingerprint density at radius 3 is 1.42 bits per heavy atom. The third kappa shape index (κ3) is 19.5. The highest BCUT2D eigenvalue weighted by Gasteiger charge is 2.48. The van der Waals surface area contributed by atoms with E-state index in [1.165, 1.54) is 70.6 Å². The second kappa shape index (κ2) is 18.8. The Morgan fingerprint density at radius 2 is 1.03 bits per heavy atom. The van der Waals surface area contributed by atoms with Gasteiger partial charge in [0.1, 0.15) is 6.54 Å². The van der Waals surface area contributed by atoms with Crippen LogP contribution in [0.5, 0.6) is 0 Å². The molecule has 0 radical (unpaired) electrons. The Hall–Kier alpha value is -0.450. The molecule has 0 rings (SSSR count). The van der Waals surface area contributed by atoms with Gasteiger partial charge in [0.25, 0.3) is 0 Å². The van der Waals surface area contributed by atoms with Crippen molar-refractivity contribution in [1.82, 2.24) is 0 Å². The smallest absolute Gasteiger partial charge is 0.362 e. The summed E-state index contributed by atoms with van der Waals surface area (Å²) in [5, 5.41) is 8.63. The van der Waals surface area contributed by atoms with Crippen molar-refractivity contribution in [2.45, 2.75) is 121 Å². The van der Waals surface area contributed by atoms with E-state index in [1.807, 2.05) is 21.1 Å². The summed E-state index contributed by atoms with van der Waals surface area (Å²) in [4.78, 5) is 19.2. The summed E-state index contributed by atoms with van der Waals surface area (Å²) in [6, 6.07) is 0. The van der Waals surface area contributed by atoms with Crippen LogP contribution in [0.15, 0.2) is 24.3 Å². The standard InChI is InChI=1S/C27H54NO4P/c1-5-6-7-8-9-10-11-12-13-14-15-16-17-18-19-20-21-22-23-24-25-27(29,33(30,31)32)26-28(2,3)4/h9-10,15-16,29H,5-8,11-14,17-26H2,1-4H3,(H-,30,31,32)/p+1/b10-9-,16-15-. The molecule has 0 aromatic carbocycles. The third-order valence-corrected chi connectivity index (χ3v) is 7.47. The van der Waals surface area contributed by atoms with Gasteiger partial charge in [0.2, 0.25) is 5.34 Å². The Kier molecular flexibility index (Phi) is 18.6. The summed E-state index contributed by atoms with van der Waals surface area (Å²) in [7, 11) is 0.965. The van der Waals surface area contributed by atoms with E-state index < -0.39 is 12.9 Å². The van der Waals surface area contributed by atoms with E-state index in [1.54, 1.807) is 0 Å². The zero-order chi connectivity index (χ0) is 25.1. The first kappa shape index (κ1) is 32.5. The average molecular weight is 489 g/mol. The molecule has 0 saturated carbocycles. The van der Waals surface area contributed by atoms with E-state index >= 15 is 0 Å². The van der Waals surface area contributed by atoms with Crippen LogP contribution in [0, 0.1) is 0 Å². The fourth-order valence-corrected chi connectivity index (χ4v) is 5.20. The Balaban J connectivity index is 3.63. The number of allylic oxidation sites excluding steroid dienone is 4. The first-order chi connectivity index (χ1) is 15.5. The highest BCUT2D eigenvalue weighted by atomic mass is 31.2. The number of aliphatic hydroxyl groups is 1. The van der Waals surface area contributed by atoms with E-state index in [2.05, 4.69) is 31.2 Å². The van der Waals surface area contributed by atoms with Crippen LogP contribution in [0.25, 0.3) is 0 Å². The van der Waals surface area contributed by atoms with Gasteiger partial charge in [-0.2, -0.15) is 0 Å². The summed E-state index contributed by atoms with van der Waals surface area (Å²) < 4.78 is 12.1. The van der Waals surface area contributed by atoms with Gasteiger partial charge < -0.3 is 19.4 Å². The molecule has 1 unspecified atom stereocenters. The molecular formula is C27H55NO4P+. The van der Waals surface area contributed by atoms with Gasteiger partial charge in [0, 0.05) is 0 Å². The molecule has 196 valence electrons. The quantitative estimate of drug-likeness (QED) is 0.0645. The van der Waals surface area contributed by atoms with Crippen LogP contribution in [0.4, 0.5) is 0 Å². The zero-order valence-electron chi connectivity index (χ0n) is 22.2. The number of likely N-dealkylation sites (N-methyl/N-ethyl adjacent to an activating group) is 1. The minimum absolute atomic E-state index is 0.0565. The minimum atomic E-state index is -4.55. The maximum atomic E-state index is 11.8. The van der Waals surface area contributed by atoms with Gasteiger partial charge >= 0.3 is 7.60 Å². The van der Waals surface area contributed by atoms with Crippen molar-refractivity contribution in [3.8, 4) is 0 Å². The first-order valence-electron chi connectivity index (χ1n) is 13.4. The number of rotatable bonds is 22. The van der Waals surface area contributed by atoms with Gasteiger partial charge in [-0.1, -0.05) is 76.2 Å². The van der Waals surface area contributed by atoms with Gasteiger partial charge in [0.05, 0.1) is 21.1 Å². The number of unbranched alkanes of at least 4 members (excludes halogenated alkanes) is 13. The summed E-state index contributed by atoms with van der Waals surface area (Å²) in [6.07, 6.45) is 28.3. The molecule has 0 amide bonds. The highest BCUT2D eigenvalue weighted by molar-refractivity contribution is 7.53. The van der Waals surface area contributed by atoms with Crippen LogP contribution in [0.1, 0.15) is 116 Å². The highest BCUT2D eigenvalue weighted by Crippen LogP contribution is 2.52. The maximum absolute atomic E-state index is 11.8. The number of nitrogens with zero attached hydrogens (tertiary/aromatic N) is 1. The number of hydrogen-bond acceptors (Lipinski definition) is 2. The van der Waals surface area contributed by atoms with Crippen LogP contribution in [-0.4, -0.2) is 52.4 Å². The van der Waals surface area contributed by atoms with E-state index in [0.29, 0.717) is 10.9 Å². The van der Waals surface area contributed by atoms with Crippen molar-refractivity contribution >= 4 is 7.60 Å². The van der Waals surface area contributed by atoms with Crippen LogP contribution >= 0.6 is 7.60 Å². The molecule has 0 aliphatic carbocycles. The van der Waals surface area contributed by atoms with E-state index in [9.17, 15) is 19.5 Å². The maximum Gasteiger partial charge on any atom is 0.362 e. The van der Waals surface area contributed by atoms with Gasteiger partial charge in [-0.25, -0.2) is 0 Å². The molecule has 0 fully saturated rings. The summed E-state index contributed by atoms with van der Waals surface area (Å²) in [5.74, 6) is 0. The lowest BCUT2D eigenvalue weighted by atomic mass is 10.0. The zero-order valence-corrected chi connectivity index (χ0v) is 23.1. The molecule has 0 bridgehead atoms. The lowest BCUT2D eigenvalue weighted by Crippen LogP contribution is -2.49. The van der Waals surface area contributed by atoms with Crippen molar-refractivity contribution in [1.29, 1.82) is 0 Å². The molecule has 0 aliphatic heterocycles. The normalized spacial score (nSPS) is 15.0. The van der Waals surface area contributed by atoms with Crippen LogP contribution < -0.4 is 0 Å². The topological polar surface area (TPSA) is 77.8 Å². The van der Waals surface area contributed by atoms with Crippen molar-refractivity contribution in [3.63, 3.8) is 0 Å². The predicted molar refractivity (Wildman–Crippen MR) is 142 cm³/mol. The minimum Gasteiger partial charge on any atom is -0.373 e. The molecule has 0 spiro atoms. The van der Waals surface area contributed by atoms with Crippen molar-refractivity contribution in [3.05, 3.63) is 24.3 Å². The molecule has 3 N–H and O–H groups in total. The second-order valence-corrected chi connectivity index (χ2v) is 12.6. The lowest BCUT2D eigenvalue weighted by molar-refractivity contribution is -0.875. The molecule has 33 heavy (non-hydrogen) atoms. The SMILES string of the molecule is CCCCC/C=C\CCCC/C=C\CCCCCCCCCC(O)(C[N+](C)(C)C)P(=O)(O)O. The van der Waals surface area contributed by atoms with Crippen LogP contribution in [-0.2, 0) is 4.57 Å². The fraction of sp³-hybridized carbons (Fsp3) is 0.852. The molecule has 0 saturated heterocycles. The monoisotopic (exact) mass is 488 g/mol. The van der Waals surface area contributed by atoms with Gasteiger partial charge in [0.15, 0.2) is 0 Å². The van der Waals surface area contributed by atoms with E-state index in [-0.39, 0.29) is 13.0 Å². The van der Waals surface area contributed by atoms with E-state index in [4.69, 9.17) is 0 Å². The molecule has 0 aliphatic rings. The molecule has 0 heterocycles. The summed E-state index contributed by atoms with van der Waals surface area (Å²) >= 11 is 0. The lowest BCUT2D eigenvalue weighted by Gasteiger charge is -2.35. The molecule has 5 nitrogen and oxygen atoms in total. The molecule has 0 aromatic rings. The number of quaternary nitrogens is 1. The third-order valence-electron chi connectivity index (χ3n) is 6.02. The van der Waals surface area contributed by atoms with Crippen LogP contribution in [0.2, 0.25) is 0 Å². The van der Waals surface area contributed by atoms with Gasteiger partial charge in [-0.15, -0.1) is 0 Å². The van der Waals surface area contributed by atoms with Gasteiger partial charge in [-0.05, 0) is 64.2 Å². The second-order valence-electron chi connectivity index (χ2n) is 10.7. The first-order valence-corrected chi connectivity index (χ1v) is 15.0. The van der Waals surface area contributed by atoms with Crippen molar-refractivity contribution < 1.29 is 23.9 Å². The van der Waals surface area contributed by atoms with Crippen LogP contribution in [0.3, 0.4) is 0 Å². The Morgan fingerprint density at radius 1 is 0.667 bits per heavy atom. The predicted octanol–water partition coefficient (Wildman–Crippen LogP) is 7.32. The van der Waals surface area contributed by atoms with Gasteiger partial charge in [-0.3, -0.25) is 4.57 Å². The number of hydrogen-bond donors (Lipinski definition) is 3. The molecule has 6 heteroatoms. The average Bonchev–Trinajstić information content (AvgIpc) is 2.70. The summed E-state index contributed by atoms with van der Waals surface area (Å²) in [6.45, 7) is 2.30. The van der Waals surface area contributed by atoms with Crippen molar-refractivity contribution in [2.75, 3.05) is 27.7 Å². The Bertz CT molecular complexity index is 565. The van der Waals surface area contributed by atoms with Crippen molar-refractivity contribution in [2.24, 2.45) is 0 Å². The molecule has 0 aromatic heterocycles.